The third kappa shape index (κ3) is 4.53. The number of nitrogens with one attached hydrogen (secondary N) is 2. The highest BCUT2D eigenvalue weighted by molar-refractivity contribution is 5.81. The SMILES string of the molecule is Cc1cc(C)cc(OCCNC(=O)C2CCCCN2)c1. The van der Waals surface area contributed by atoms with Gasteiger partial charge < -0.3 is 15.4 Å². The maximum Gasteiger partial charge on any atom is 0.237 e. The minimum atomic E-state index is -0.0232. The molecule has 1 unspecified atom stereocenters. The largest absolute Gasteiger partial charge is 0.492 e. The third-order valence-corrected chi connectivity index (χ3v) is 3.49. The molecule has 4 heteroatoms. The molecule has 0 aromatic heterocycles. The van der Waals surface area contributed by atoms with Crippen molar-refractivity contribution in [1.29, 1.82) is 0 Å². The van der Waals surface area contributed by atoms with E-state index in [1.165, 1.54) is 17.5 Å². The zero-order valence-corrected chi connectivity index (χ0v) is 12.4. The lowest BCUT2D eigenvalue weighted by Crippen LogP contribution is -2.47. The highest BCUT2D eigenvalue weighted by atomic mass is 16.5. The normalized spacial score (nSPS) is 18.6. The summed E-state index contributed by atoms with van der Waals surface area (Å²) in [5.74, 6) is 0.960. The van der Waals surface area contributed by atoms with Gasteiger partial charge in [0, 0.05) is 0 Å². The van der Waals surface area contributed by atoms with Gasteiger partial charge in [-0.2, -0.15) is 0 Å². The van der Waals surface area contributed by atoms with Crippen molar-refractivity contribution in [3.05, 3.63) is 29.3 Å². The molecule has 0 aliphatic carbocycles. The van der Waals surface area contributed by atoms with Gasteiger partial charge in [-0.25, -0.2) is 0 Å². The molecule has 1 amide bonds. The third-order valence-electron chi connectivity index (χ3n) is 3.49. The molecular weight excluding hydrogens is 252 g/mol. The van der Waals surface area contributed by atoms with E-state index in [-0.39, 0.29) is 11.9 Å². The fourth-order valence-electron chi connectivity index (χ4n) is 2.56. The van der Waals surface area contributed by atoms with Gasteiger partial charge in [-0.3, -0.25) is 4.79 Å². The highest BCUT2D eigenvalue weighted by Gasteiger charge is 2.19. The van der Waals surface area contributed by atoms with E-state index in [2.05, 4.69) is 30.5 Å². The van der Waals surface area contributed by atoms with Crippen LogP contribution in [0.4, 0.5) is 0 Å². The Bertz CT molecular complexity index is 434. The van der Waals surface area contributed by atoms with Gasteiger partial charge >= 0.3 is 0 Å². The van der Waals surface area contributed by atoms with Crippen LogP contribution >= 0.6 is 0 Å². The van der Waals surface area contributed by atoms with E-state index in [0.29, 0.717) is 13.2 Å². The van der Waals surface area contributed by atoms with Crippen LogP contribution in [0.3, 0.4) is 0 Å². The molecule has 20 heavy (non-hydrogen) atoms. The first kappa shape index (κ1) is 14.9. The number of amides is 1. The molecule has 2 N–H and O–H groups in total. The second kappa shape index (κ2) is 7.29. The standard InChI is InChI=1S/C16H24N2O2/c1-12-9-13(2)11-14(10-12)20-8-7-18-16(19)15-5-3-4-6-17-15/h9-11,15,17H,3-8H2,1-2H3,(H,18,19). The van der Waals surface area contributed by atoms with Crippen LogP contribution in [0.1, 0.15) is 30.4 Å². The zero-order chi connectivity index (χ0) is 14.4. The van der Waals surface area contributed by atoms with Crippen molar-refractivity contribution < 1.29 is 9.53 Å². The smallest absolute Gasteiger partial charge is 0.237 e. The first-order valence-corrected chi connectivity index (χ1v) is 7.37. The van der Waals surface area contributed by atoms with E-state index in [4.69, 9.17) is 4.74 Å². The van der Waals surface area contributed by atoms with Gasteiger partial charge in [0.15, 0.2) is 0 Å². The molecule has 1 aromatic carbocycles. The maximum absolute atomic E-state index is 11.9. The molecule has 2 rings (SSSR count). The summed E-state index contributed by atoms with van der Waals surface area (Å²) in [7, 11) is 0. The summed E-state index contributed by atoms with van der Waals surface area (Å²) in [6.45, 7) is 6.09. The van der Waals surface area contributed by atoms with Crippen LogP contribution in [0.2, 0.25) is 0 Å². The van der Waals surface area contributed by atoms with Crippen molar-refractivity contribution in [3.63, 3.8) is 0 Å². The van der Waals surface area contributed by atoms with Crippen molar-refractivity contribution in [1.82, 2.24) is 10.6 Å². The molecule has 1 aliphatic rings. The van der Waals surface area contributed by atoms with E-state index >= 15 is 0 Å². The lowest BCUT2D eigenvalue weighted by atomic mass is 10.0. The summed E-state index contributed by atoms with van der Waals surface area (Å²) in [5.41, 5.74) is 2.38. The van der Waals surface area contributed by atoms with Crippen LogP contribution in [-0.2, 0) is 4.79 Å². The first-order chi connectivity index (χ1) is 9.65. The van der Waals surface area contributed by atoms with Gasteiger partial charge in [-0.15, -0.1) is 0 Å². The number of benzene rings is 1. The summed E-state index contributed by atoms with van der Waals surface area (Å²) in [6.07, 6.45) is 3.23. The number of carbonyl (C=O) groups is 1. The molecule has 110 valence electrons. The maximum atomic E-state index is 11.9. The topological polar surface area (TPSA) is 50.4 Å². The Balaban J connectivity index is 1.69. The number of piperidine rings is 1. The monoisotopic (exact) mass is 276 g/mol. The van der Waals surface area contributed by atoms with Crippen LogP contribution < -0.4 is 15.4 Å². The van der Waals surface area contributed by atoms with Gasteiger partial charge in [0.05, 0.1) is 12.6 Å². The van der Waals surface area contributed by atoms with E-state index in [0.717, 1.165) is 25.1 Å². The van der Waals surface area contributed by atoms with Crippen LogP contribution in [0.25, 0.3) is 0 Å². The number of ether oxygens (including phenoxy) is 1. The minimum Gasteiger partial charge on any atom is -0.492 e. The molecule has 0 saturated carbocycles. The lowest BCUT2D eigenvalue weighted by molar-refractivity contribution is -0.123. The zero-order valence-electron chi connectivity index (χ0n) is 12.4. The molecule has 1 atom stereocenters. The van der Waals surface area contributed by atoms with Gasteiger partial charge in [0.1, 0.15) is 12.4 Å². The quantitative estimate of drug-likeness (QED) is 0.808. The molecular formula is C16H24N2O2. The average molecular weight is 276 g/mol. The fraction of sp³-hybridized carbons (Fsp3) is 0.562. The number of carbonyl (C=O) groups excluding carboxylic acids is 1. The predicted molar refractivity (Wildman–Crippen MR) is 80.1 cm³/mol. The molecule has 1 fully saturated rings. The minimum absolute atomic E-state index is 0.0232. The molecule has 0 radical (unpaired) electrons. The summed E-state index contributed by atoms with van der Waals surface area (Å²) >= 11 is 0. The first-order valence-electron chi connectivity index (χ1n) is 7.37. The summed E-state index contributed by atoms with van der Waals surface area (Å²) in [5, 5.41) is 6.16. The van der Waals surface area contributed by atoms with E-state index in [1.54, 1.807) is 0 Å². The van der Waals surface area contributed by atoms with Crippen LogP contribution in [0.15, 0.2) is 18.2 Å². The Morgan fingerprint density at radius 2 is 2.05 bits per heavy atom. The lowest BCUT2D eigenvalue weighted by Gasteiger charge is -2.22. The Hall–Kier alpha value is -1.55. The van der Waals surface area contributed by atoms with Crippen molar-refractivity contribution in [2.45, 2.75) is 39.2 Å². The van der Waals surface area contributed by atoms with E-state index in [1.807, 2.05) is 12.1 Å². The molecule has 1 aromatic rings. The van der Waals surface area contributed by atoms with E-state index < -0.39 is 0 Å². The van der Waals surface area contributed by atoms with E-state index in [9.17, 15) is 4.79 Å². The summed E-state index contributed by atoms with van der Waals surface area (Å²) in [4.78, 5) is 11.9. The number of hydrogen-bond acceptors (Lipinski definition) is 3. The molecule has 1 heterocycles. The second-order valence-corrected chi connectivity index (χ2v) is 5.47. The van der Waals surface area contributed by atoms with Crippen LogP contribution in [0.5, 0.6) is 5.75 Å². The number of aryl methyl sites for hydroxylation is 2. The van der Waals surface area contributed by atoms with Crippen molar-refractivity contribution >= 4 is 5.91 Å². The van der Waals surface area contributed by atoms with Crippen molar-refractivity contribution in [3.8, 4) is 5.75 Å². The molecule has 1 aliphatic heterocycles. The Morgan fingerprint density at radius 3 is 2.70 bits per heavy atom. The van der Waals surface area contributed by atoms with Gasteiger partial charge in [-0.1, -0.05) is 12.5 Å². The molecule has 0 bridgehead atoms. The Labute approximate surface area is 120 Å². The summed E-state index contributed by atoms with van der Waals surface area (Å²) in [6, 6.07) is 6.11. The van der Waals surface area contributed by atoms with Crippen LogP contribution in [-0.4, -0.2) is 31.6 Å². The highest BCUT2D eigenvalue weighted by Crippen LogP contribution is 2.15. The second-order valence-electron chi connectivity index (χ2n) is 5.47. The predicted octanol–water partition coefficient (Wildman–Crippen LogP) is 1.94. The molecule has 0 spiro atoms. The summed E-state index contributed by atoms with van der Waals surface area (Å²) < 4.78 is 5.67. The van der Waals surface area contributed by atoms with Gasteiger partial charge in [0.25, 0.3) is 0 Å². The van der Waals surface area contributed by atoms with Crippen LogP contribution in [0, 0.1) is 13.8 Å². The Morgan fingerprint density at radius 1 is 1.30 bits per heavy atom. The van der Waals surface area contributed by atoms with Crippen molar-refractivity contribution in [2.24, 2.45) is 0 Å². The average Bonchev–Trinajstić information content (AvgIpc) is 2.43. The van der Waals surface area contributed by atoms with Gasteiger partial charge in [-0.05, 0) is 56.5 Å². The molecule has 1 saturated heterocycles. The Kier molecular flexibility index (Phi) is 5.41. The number of rotatable bonds is 5. The molecule has 4 nitrogen and oxygen atoms in total. The number of hydrogen-bond donors (Lipinski definition) is 2. The van der Waals surface area contributed by atoms with Crippen molar-refractivity contribution in [2.75, 3.05) is 19.7 Å². The fourth-order valence-corrected chi connectivity index (χ4v) is 2.56. The van der Waals surface area contributed by atoms with Gasteiger partial charge in [0.2, 0.25) is 5.91 Å².